The summed E-state index contributed by atoms with van der Waals surface area (Å²) in [5.74, 6) is -0.853. The molecule has 0 unspecified atom stereocenters. The van der Waals surface area contributed by atoms with Gasteiger partial charge in [0, 0.05) is 20.3 Å². The summed E-state index contributed by atoms with van der Waals surface area (Å²) >= 11 is 0. The number of amides is 1. The van der Waals surface area contributed by atoms with Crippen molar-refractivity contribution in [3.05, 3.63) is 47.8 Å². The van der Waals surface area contributed by atoms with Crippen LogP contribution in [0.15, 0.2) is 36.5 Å². The maximum atomic E-state index is 12.3. The fraction of sp³-hybridized carbons (Fsp3) is 0.188. The molecule has 0 radical (unpaired) electrons. The number of methoxy groups -OCH3 is 1. The van der Waals surface area contributed by atoms with E-state index >= 15 is 0 Å². The highest BCUT2D eigenvalue weighted by molar-refractivity contribution is 6.42. The molecular weight excluding hydrogens is 282 g/mol. The Morgan fingerprint density at radius 3 is 2.55 bits per heavy atom. The van der Waals surface area contributed by atoms with Crippen LogP contribution in [0.2, 0.25) is 0 Å². The summed E-state index contributed by atoms with van der Waals surface area (Å²) in [5.41, 5.74) is 0.984. The van der Waals surface area contributed by atoms with Gasteiger partial charge < -0.3 is 14.2 Å². The molecule has 0 spiro atoms. The summed E-state index contributed by atoms with van der Waals surface area (Å²) in [7, 11) is 4.50. The molecule has 6 heteroatoms. The molecular formula is C16H15N3O3. The van der Waals surface area contributed by atoms with Crippen LogP contribution in [0.3, 0.4) is 0 Å². The second-order valence-corrected chi connectivity index (χ2v) is 4.76. The lowest BCUT2D eigenvalue weighted by Gasteiger charge is -2.14. The molecule has 0 aliphatic rings. The molecule has 0 fully saturated rings. The number of carbonyl (C=O) groups excluding carboxylic acids is 2. The maximum absolute atomic E-state index is 12.3. The van der Waals surface area contributed by atoms with Gasteiger partial charge in [-0.25, -0.2) is 0 Å². The van der Waals surface area contributed by atoms with E-state index in [9.17, 15) is 14.9 Å². The summed E-state index contributed by atoms with van der Waals surface area (Å²) in [6.45, 7) is 0. The molecule has 0 saturated heterocycles. The number of hydrogen-bond donors (Lipinski definition) is 0. The van der Waals surface area contributed by atoms with Gasteiger partial charge in [-0.1, -0.05) is 6.07 Å². The van der Waals surface area contributed by atoms with Crippen LogP contribution in [0.25, 0.3) is 5.69 Å². The molecule has 0 aliphatic carbocycles. The topological polar surface area (TPSA) is 75.3 Å². The number of hydrogen-bond acceptors (Lipinski definition) is 4. The van der Waals surface area contributed by atoms with E-state index in [0.717, 1.165) is 0 Å². The van der Waals surface area contributed by atoms with Crippen molar-refractivity contribution >= 4 is 11.7 Å². The van der Waals surface area contributed by atoms with Crippen molar-refractivity contribution in [2.45, 2.75) is 0 Å². The number of benzene rings is 1. The van der Waals surface area contributed by atoms with Gasteiger partial charge in [0.25, 0.3) is 11.7 Å². The Labute approximate surface area is 128 Å². The molecule has 0 aliphatic heterocycles. The summed E-state index contributed by atoms with van der Waals surface area (Å²) in [5, 5.41) is 9.35. The van der Waals surface area contributed by atoms with Gasteiger partial charge in [0.1, 0.15) is 17.4 Å². The van der Waals surface area contributed by atoms with Gasteiger partial charge in [0.05, 0.1) is 18.5 Å². The molecule has 0 bridgehead atoms. The first kappa shape index (κ1) is 15.3. The molecule has 2 aromatic rings. The predicted octanol–water partition coefficient (Wildman–Crippen LogP) is 1.63. The molecule has 0 N–H and O–H groups in total. The predicted molar refractivity (Wildman–Crippen MR) is 80.1 cm³/mol. The SMILES string of the molecule is COc1cccc(-n2cccc2C(=O)C(=O)N(C)C)c1C#N. The average Bonchev–Trinajstić information content (AvgIpc) is 3.01. The van der Waals surface area contributed by atoms with Gasteiger partial charge in [-0.15, -0.1) is 0 Å². The fourth-order valence-corrected chi connectivity index (χ4v) is 2.09. The van der Waals surface area contributed by atoms with Crippen molar-refractivity contribution < 1.29 is 14.3 Å². The van der Waals surface area contributed by atoms with Crippen molar-refractivity contribution in [3.63, 3.8) is 0 Å². The Morgan fingerprint density at radius 2 is 1.95 bits per heavy atom. The van der Waals surface area contributed by atoms with Crippen LogP contribution in [0.4, 0.5) is 0 Å². The molecule has 0 saturated carbocycles. The number of likely N-dealkylation sites (N-methyl/N-ethyl adjacent to an activating group) is 1. The van der Waals surface area contributed by atoms with E-state index in [4.69, 9.17) is 4.74 Å². The van der Waals surface area contributed by atoms with Crippen LogP contribution < -0.4 is 4.74 Å². The molecule has 6 nitrogen and oxygen atoms in total. The highest BCUT2D eigenvalue weighted by Gasteiger charge is 2.23. The van der Waals surface area contributed by atoms with Crippen LogP contribution in [0, 0.1) is 11.3 Å². The van der Waals surface area contributed by atoms with Gasteiger partial charge >= 0.3 is 0 Å². The lowest BCUT2D eigenvalue weighted by Crippen LogP contribution is -2.31. The van der Waals surface area contributed by atoms with Gasteiger partial charge in [0.15, 0.2) is 0 Å². The summed E-state index contributed by atoms with van der Waals surface area (Å²) in [6.07, 6.45) is 1.63. The van der Waals surface area contributed by atoms with Gasteiger partial charge in [-0.05, 0) is 24.3 Å². The van der Waals surface area contributed by atoms with Crippen LogP contribution in [-0.4, -0.2) is 42.4 Å². The van der Waals surface area contributed by atoms with Crippen molar-refractivity contribution in [1.82, 2.24) is 9.47 Å². The second-order valence-electron chi connectivity index (χ2n) is 4.76. The Kier molecular flexibility index (Phi) is 4.28. The maximum Gasteiger partial charge on any atom is 0.296 e. The Bertz CT molecular complexity index is 769. The van der Waals surface area contributed by atoms with Crippen molar-refractivity contribution in [3.8, 4) is 17.5 Å². The Balaban J connectivity index is 2.58. The molecule has 112 valence electrons. The number of carbonyl (C=O) groups is 2. The Morgan fingerprint density at radius 1 is 1.23 bits per heavy atom. The summed E-state index contributed by atoms with van der Waals surface area (Å²) in [6, 6.07) is 10.3. The minimum atomic E-state index is -0.637. The lowest BCUT2D eigenvalue weighted by molar-refractivity contribution is -0.124. The van der Waals surface area contributed by atoms with Crippen molar-refractivity contribution in [1.29, 1.82) is 5.26 Å². The highest BCUT2D eigenvalue weighted by Crippen LogP contribution is 2.26. The third-order valence-corrected chi connectivity index (χ3v) is 3.18. The zero-order valence-corrected chi connectivity index (χ0v) is 12.5. The molecule has 1 aromatic heterocycles. The number of rotatable bonds is 4. The second kappa shape index (κ2) is 6.14. The highest BCUT2D eigenvalue weighted by atomic mass is 16.5. The first-order valence-corrected chi connectivity index (χ1v) is 6.52. The quantitative estimate of drug-likeness (QED) is 0.635. The van der Waals surface area contributed by atoms with E-state index in [0.29, 0.717) is 17.0 Å². The Hall–Kier alpha value is -3.07. The lowest BCUT2D eigenvalue weighted by atomic mass is 10.1. The number of ether oxygens (including phenoxy) is 1. The number of aromatic nitrogens is 1. The summed E-state index contributed by atoms with van der Waals surface area (Å²) in [4.78, 5) is 25.4. The first-order chi connectivity index (χ1) is 10.5. The number of nitrogens with zero attached hydrogens (tertiary/aromatic N) is 3. The first-order valence-electron chi connectivity index (χ1n) is 6.52. The largest absolute Gasteiger partial charge is 0.495 e. The summed E-state index contributed by atoms with van der Waals surface area (Å²) < 4.78 is 6.68. The van der Waals surface area contributed by atoms with Crippen LogP contribution in [0.5, 0.6) is 5.75 Å². The van der Waals surface area contributed by atoms with Crippen LogP contribution in [-0.2, 0) is 4.79 Å². The molecule has 2 rings (SSSR count). The van der Waals surface area contributed by atoms with E-state index in [1.165, 1.54) is 30.7 Å². The van der Waals surface area contributed by atoms with Crippen LogP contribution in [0.1, 0.15) is 16.1 Å². The minimum absolute atomic E-state index is 0.198. The van der Waals surface area contributed by atoms with Crippen molar-refractivity contribution in [2.75, 3.05) is 21.2 Å². The zero-order valence-electron chi connectivity index (χ0n) is 12.5. The normalized spacial score (nSPS) is 9.91. The van der Waals surface area contributed by atoms with E-state index in [-0.39, 0.29) is 5.69 Å². The molecule has 1 amide bonds. The zero-order chi connectivity index (χ0) is 16.3. The molecule has 0 atom stereocenters. The fourth-order valence-electron chi connectivity index (χ4n) is 2.09. The van der Waals surface area contributed by atoms with Gasteiger partial charge in [0.2, 0.25) is 0 Å². The van der Waals surface area contributed by atoms with Crippen molar-refractivity contribution in [2.24, 2.45) is 0 Å². The van der Waals surface area contributed by atoms with E-state index < -0.39 is 11.7 Å². The van der Waals surface area contributed by atoms with Gasteiger partial charge in [-0.3, -0.25) is 9.59 Å². The smallest absolute Gasteiger partial charge is 0.296 e. The van der Waals surface area contributed by atoms with E-state index in [1.807, 2.05) is 0 Å². The van der Waals surface area contributed by atoms with Gasteiger partial charge in [-0.2, -0.15) is 5.26 Å². The standard InChI is InChI=1S/C16H15N3O3/c1-18(2)16(21)15(20)13-7-5-9-19(13)12-6-4-8-14(22-3)11(12)10-17/h4-9H,1-3H3. The van der Waals surface area contributed by atoms with Crippen LogP contribution >= 0.6 is 0 Å². The molecule has 22 heavy (non-hydrogen) atoms. The third-order valence-electron chi connectivity index (χ3n) is 3.18. The molecule has 1 aromatic carbocycles. The van der Waals surface area contributed by atoms with E-state index in [2.05, 4.69) is 6.07 Å². The monoisotopic (exact) mass is 297 g/mol. The van der Waals surface area contributed by atoms with E-state index in [1.54, 1.807) is 36.5 Å². The number of Topliss-reactive ketones (excluding diaryl/α,β-unsaturated/α-hetero) is 1. The molecule has 1 heterocycles. The number of nitriles is 1. The minimum Gasteiger partial charge on any atom is -0.495 e. The average molecular weight is 297 g/mol. The number of ketones is 1. The third kappa shape index (κ3) is 2.56.